The maximum Gasteiger partial charge on any atom is 0.333 e. The van der Waals surface area contributed by atoms with Crippen LogP contribution in [0.2, 0.25) is 0 Å². The Hall–Kier alpha value is -2.60. The van der Waals surface area contributed by atoms with Crippen LogP contribution in [0.4, 0.5) is 0 Å². The Kier molecular flexibility index (Phi) is 8.26. The van der Waals surface area contributed by atoms with Gasteiger partial charge in [0.15, 0.2) is 6.10 Å². The van der Waals surface area contributed by atoms with Gasteiger partial charge in [-0.3, -0.25) is 0 Å². The number of carboxylic acids is 1. The Morgan fingerprint density at radius 1 is 1.04 bits per heavy atom. The summed E-state index contributed by atoms with van der Waals surface area (Å²) in [4.78, 5) is 15.5. The van der Waals surface area contributed by atoms with Gasteiger partial charge >= 0.3 is 5.97 Å². The maximum atomic E-state index is 11.3. The largest absolute Gasteiger partial charge is 0.490 e. The molecule has 1 heterocycles. The van der Waals surface area contributed by atoms with Gasteiger partial charge < -0.3 is 19.3 Å². The minimum atomic E-state index is -0.982. The molecule has 28 heavy (non-hydrogen) atoms. The van der Waals surface area contributed by atoms with Gasteiger partial charge in [0.25, 0.3) is 0 Å². The Bertz CT molecular complexity index is 743. The Labute approximate surface area is 166 Å². The third-order valence-electron chi connectivity index (χ3n) is 4.08. The highest BCUT2D eigenvalue weighted by atomic mass is 16.5. The van der Waals surface area contributed by atoms with Gasteiger partial charge in [-0.1, -0.05) is 26.0 Å². The lowest BCUT2D eigenvalue weighted by Gasteiger charge is -2.16. The molecule has 0 radical (unpaired) electrons. The molecular formula is C22H29NO5. The third-order valence-corrected chi connectivity index (χ3v) is 4.08. The molecular weight excluding hydrogens is 358 g/mol. The van der Waals surface area contributed by atoms with Gasteiger partial charge in [-0.25, -0.2) is 9.78 Å². The number of hydrogen-bond acceptors (Lipinski definition) is 5. The van der Waals surface area contributed by atoms with Gasteiger partial charge in [0.1, 0.15) is 19.0 Å². The maximum absolute atomic E-state index is 11.3. The van der Waals surface area contributed by atoms with E-state index in [1.165, 1.54) is 5.56 Å². The normalized spacial score (nSPS) is 12.2. The summed E-state index contributed by atoms with van der Waals surface area (Å²) in [5.41, 5.74) is 2.06. The Balaban J connectivity index is 1.83. The lowest BCUT2D eigenvalue weighted by Crippen LogP contribution is -2.29. The van der Waals surface area contributed by atoms with Crippen LogP contribution in [0.15, 0.2) is 42.6 Å². The van der Waals surface area contributed by atoms with Gasteiger partial charge in [0.05, 0.1) is 6.10 Å². The first kappa shape index (κ1) is 21.7. The van der Waals surface area contributed by atoms with Crippen LogP contribution in [0.3, 0.4) is 0 Å². The molecule has 1 unspecified atom stereocenters. The first-order chi connectivity index (χ1) is 13.3. The summed E-state index contributed by atoms with van der Waals surface area (Å²) < 4.78 is 16.8. The van der Waals surface area contributed by atoms with Crippen molar-refractivity contribution in [3.8, 4) is 11.6 Å². The molecule has 2 rings (SSSR count). The molecule has 6 nitrogen and oxygen atoms in total. The summed E-state index contributed by atoms with van der Waals surface area (Å²) >= 11 is 0. The molecule has 1 aromatic heterocycles. The van der Waals surface area contributed by atoms with Crippen LogP contribution < -0.4 is 9.47 Å². The number of aliphatic carboxylic acids is 1. The van der Waals surface area contributed by atoms with E-state index in [0.717, 1.165) is 11.3 Å². The summed E-state index contributed by atoms with van der Waals surface area (Å²) in [5, 5.41) is 9.29. The predicted molar refractivity (Wildman–Crippen MR) is 107 cm³/mol. The van der Waals surface area contributed by atoms with Gasteiger partial charge in [-0.05, 0) is 49.1 Å². The lowest BCUT2D eigenvalue weighted by molar-refractivity contribution is -0.153. The number of pyridine rings is 1. The number of carboxylic acid groups (broad SMARTS) is 1. The second-order valence-corrected chi connectivity index (χ2v) is 7.14. The molecule has 0 amide bonds. The SMILES string of the molecule is CC(C)OC(Cc1ccnc(OCCOc2ccc(C(C)C)cc2)c1)C(=O)O. The summed E-state index contributed by atoms with van der Waals surface area (Å²) in [5.74, 6) is 0.738. The van der Waals surface area contributed by atoms with Gasteiger partial charge in [0.2, 0.25) is 5.88 Å². The van der Waals surface area contributed by atoms with Crippen molar-refractivity contribution in [3.63, 3.8) is 0 Å². The van der Waals surface area contributed by atoms with Crippen LogP contribution >= 0.6 is 0 Å². The van der Waals surface area contributed by atoms with Crippen LogP contribution in [0.25, 0.3) is 0 Å². The second kappa shape index (κ2) is 10.7. The highest BCUT2D eigenvalue weighted by Gasteiger charge is 2.20. The van der Waals surface area contributed by atoms with Crippen molar-refractivity contribution in [2.45, 2.75) is 52.2 Å². The molecule has 6 heteroatoms. The molecule has 1 aromatic carbocycles. The fraction of sp³-hybridized carbons (Fsp3) is 0.455. The molecule has 0 bridgehead atoms. The number of carbonyl (C=O) groups is 1. The average Bonchev–Trinajstić information content (AvgIpc) is 2.65. The highest BCUT2D eigenvalue weighted by Crippen LogP contribution is 2.18. The first-order valence-electron chi connectivity index (χ1n) is 9.54. The minimum absolute atomic E-state index is 0.162. The summed E-state index contributed by atoms with van der Waals surface area (Å²) in [7, 11) is 0. The number of nitrogens with zero attached hydrogens (tertiary/aromatic N) is 1. The van der Waals surface area contributed by atoms with E-state index in [1.54, 1.807) is 18.3 Å². The van der Waals surface area contributed by atoms with E-state index in [4.69, 9.17) is 14.2 Å². The molecule has 0 fully saturated rings. The van der Waals surface area contributed by atoms with Crippen molar-refractivity contribution in [2.24, 2.45) is 0 Å². The predicted octanol–water partition coefficient (Wildman–Crippen LogP) is 4.08. The van der Waals surface area contributed by atoms with E-state index < -0.39 is 12.1 Å². The fourth-order valence-corrected chi connectivity index (χ4v) is 2.65. The number of rotatable bonds is 11. The molecule has 1 atom stereocenters. The number of aromatic nitrogens is 1. The fourth-order valence-electron chi connectivity index (χ4n) is 2.65. The molecule has 0 aliphatic carbocycles. The number of benzene rings is 1. The quantitative estimate of drug-likeness (QED) is 0.585. The highest BCUT2D eigenvalue weighted by molar-refractivity contribution is 5.72. The van der Waals surface area contributed by atoms with E-state index >= 15 is 0 Å². The molecule has 1 N–H and O–H groups in total. The number of ether oxygens (including phenoxy) is 3. The monoisotopic (exact) mass is 387 g/mol. The summed E-state index contributed by atoms with van der Waals surface area (Å²) in [6.45, 7) is 8.66. The molecule has 0 aliphatic heterocycles. The molecule has 0 spiro atoms. The van der Waals surface area contributed by atoms with Crippen LogP contribution in [0.5, 0.6) is 11.6 Å². The lowest BCUT2D eigenvalue weighted by atomic mass is 10.0. The van der Waals surface area contributed by atoms with E-state index in [9.17, 15) is 9.90 Å². The van der Waals surface area contributed by atoms with Crippen molar-refractivity contribution in [2.75, 3.05) is 13.2 Å². The smallest absolute Gasteiger partial charge is 0.333 e. The van der Waals surface area contributed by atoms with Gasteiger partial charge in [0, 0.05) is 18.7 Å². The van der Waals surface area contributed by atoms with Crippen molar-refractivity contribution < 1.29 is 24.1 Å². The zero-order valence-electron chi connectivity index (χ0n) is 16.9. The Morgan fingerprint density at radius 3 is 2.32 bits per heavy atom. The van der Waals surface area contributed by atoms with Crippen LogP contribution in [0, 0.1) is 0 Å². The average molecular weight is 387 g/mol. The zero-order valence-corrected chi connectivity index (χ0v) is 16.9. The van der Waals surface area contributed by atoms with Crippen molar-refractivity contribution >= 4 is 5.97 Å². The van der Waals surface area contributed by atoms with Crippen molar-refractivity contribution in [1.82, 2.24) is 4.98 Å². The second-order valence-electron chi connectivity index (χ2n) is 7.14. The summed E-state index contributed by atoms with van der Waals surface area (Å²) in [6, 6.07) is 11.5. The molecule has 0 aliphatic rings. The van der Waals surface area contributed by atoms with Gasteiger partial charge in [-0.15, -0.1) is 0 Å². The standard InChI is InChI=1S/C22H29NO5/c1-15(2)18-5-7-19(8-6-18)26-11-12-27-21-14-17(9-10-23-21)13-20(22(24)25)28-16(3)4/h5-10,14-16,20H,11-13H2,1-4H3,(H,24,25). The molecule has 152 valence electrons. The first-order valence-corrected chi connectivity index (χ1v) is 9.54. The van der Waals surface area contributed by atoms with Crippen LogP contribution in [-0.2, 0) is 16.0 Å². The van der Waals surface area contributed by atoms with E-state index in [2.05, 4.69) is 31.0 Å². The van der Waals surface area contributed by atoms with Crippen molar-refractivity contribution in [1.29, 1.82) is 0 Å². The Morgan fingerprint density at radius 2 is 1.71 bits per heavy atom. The van der Waals surface area contributed by atoms with E-state index in [0.29, 0.717) is 25.0 Å². The molecule has 0 saturated heterocycles. The zero-order chi connectivity index (χ0) is 20.5. The number of hydrogen-bond donors (Lipinski definition) is 1. The molecule has 2 aromatic rings. The van der Waals surface area contributed by atoms with E-state index in [1.807, 2.05) is 26.0 Å². The summed E-state index contributed by atoms with van der Waals surface area (Å²) in [6.07, 6.45) is 0.799. The topological polar surface area (TPSA) is 77.9 Å². The van der Waals surface area contributed by atoms with E-state index in [-0.39, 0.29) is 12.5 Å². The minimum Gasteiger partial charge on any atom is -0.490 e. The van der Waals surface area contributed by atoms with Crippen molar-refractivity contribution in [3.05, 3.63) is 53.7 Å². The van der Waals surface area contributed by atoms with Crippen LogP contribution in [0.1, 0.15) is 44.7 Å². The molecule has 0 saturated carbocycles. The van der Waals surface area contributed by atoms with Crippen LogP contribution in [-0.4, -0.2) is 41.5 Å². The third kappa shape index (κ3) is 7.19. The van der Waals surface area contributed by atoms with Gasteiger partial charge in [-0.2, -0.15) is 0 Å².